The highest BCUT2D eigenvalue weighted by atomic mass is 32.1. The van der Waals surface area contributed by atoms with E-state index in [4.69, 9.17) is 14.6 Å². The van der Waals surface area contributed by atoms with Gasteiger partial charge in [-0.15, -0.1) is 11.3 Å². The molecule has 3 aromatic rings. The van der Waals surface area contributed by atoms with Gasteiger partial charge in [0, 0.05) is 17.4 Å². The van der Waals surface area contributed by atoms with Gasteiger partial charge in [0.05, 0.1) is 31.7 Å². The summed E-state index contributed by atoms with van der Waals surface area (Å²) in [5, 5.41) is 9.94. The molecule has 0 fully saturated rings. The van der Waals surface area contributed by atoms with Crippen LogP contribution in [0.2, 0.25) is 0 Å². The van der Waals surface area contributed by atoms with E-state index in [-0.39, 0.29) is 6.04 Å². The molecule has 5 nitrogen and oxygen atoms in total. The number of nitrogens with zero attached hydrogens (tertiary/aromatic N) is 3. The number of ether oxygens (including phenoxy) is 2. The second kappa shape index (κ2) is 7.40. The number of methoxy groups -OCH3 is 2. The largest absolute Gasteiger partial charge is 0.493 e. The third kappa shape index (κ3) is 3.40. The Hall–Kier alpha value is -2.86. The predicted octanol–water partition coefficient (Wildman–Crippen LogP) is 4.82. The smallest absolute Gasteiger partial charge is 0.206 e. The van der Waals surface area contributed by atoms with Gasteiger partial charge in [0.25, 0.3) is 0 Å². The van der Waals surface area contributed by atoms with Crippen molar-refractivity contribution in [3.05, 3.63) is 70.7 Å². The highest BCUT2D eigenvalue weighted by Gasteiger charge is 2.31. The lowest BCUT2D eigenvalue weighted by atomic mass is 9.98. The number of rotatable bonds is 5. The Morgan fingerprint density at radius 3 is 2.48 bits per heavy atom. The zero-order valence-corrected chi connectivity index (χ0v) is 16.4. The normalized spacial score (nSPS) is 16.3. The van der Waals surface area contributed by atoms with Crippen molar-refractivity contribution in [3.8, 4) is 11.5 Å². The van der Waals surface area contributed by atoms with Crippen molar-refractivity contribution in [2.24, 2.45) is 5.10 Å². The second-order valence-corrected chi connectivity index (χ2v) is 7.20. The van der Waals surface area contributed by atoms with Crippen LogP contribution in [0.4, 0.5) is 5.13 Å². The molecule has 0 saturated carbocycles. The Morgan fingerprint density at radius 2 is 1.81 bits per heavy atom. The van der Waals surface area contributed by atoms with E-state index in [0.29, 0.717) is 11.5 Å². The molecule has 1 aliphatic heterocycles. The first-order valence-corrected chi connectivity index (χ1v) is 9.63. The van der Waals surface area contributed by atoms with Crippen molar-refractivity contribution in [1.82, 2.24) is 4.98 Å². The molecule has 1 aromatic heterocycles. The van der Waals surface area contributed by atoms with Crippen LogP contribution in [-0.2, 0) is 0 Å². The monoisotopic (exact) mass is 379 g/mol. The van der Waals surface area contributed by atoms with Gasteiger partial charge < -0.3 is 9.47 Å². The van der Waals surface area contributed by atoms with Crippen LogP contribution in [0.25, 0.3) is 0 Å². The molecule has 0 aliphatic carbocycles. The molecule has 0 spiro atoms. The van der Waals surface area contributed by atoms with E-state index in [1.165, 1.54) is 5.56 Å². The van der Waals surface area contributed by atoms with E-state index in [1.807, 2.05) is 36.2 Å². The van der Waals surface area contributed by atoms with E-state index in [2.05, 4.69) is 34.6 Å². The fourth-order valence-corrected chi connectivity index (χ4v) is 4.06. The summed E-state index contributed by atoms with van der Waals surface area (Å²) in [4.78, 5) is 4.65. The molecule has 2 heterocycles. The number of aromatic nitrogens is 1. The van der Waals surface area contributed by atoms with Gasteiger partial charge in [0.1, 0.15) is 0 Å². The van der Waals surface area contributed by atoms with E-state index >= 15 is 0 Å². The second-order valence-electron chi connectivity index (χ2n) is 6.36. The third-order valence-corrected chi connectivity index (χ3v) is 5.56. The number of hydrogen-bond donors (Lipinski definition) is 0. The fourth-order valence-electron chi connectivity index (χ4n) is 3.26. The number of aryl methyl sites for hydroxylation is 1. The standard InChI is InChI=1S/C21H21N3O2S/c1-14-13-27-21(22-14)24-18(15-7-5-4-6-8-15)12-17(23-24)16-9-10-19(25-2)20(11-16)26-3/h4-11,13,18H,12H2,1-3H3/t18-/m1/s1. The minimum Gasteiger partial charge on any atom is -0.493 e. The number of benzene rings is 2. The number of anilines is 1. The molecule has 2 aromatic carbocycles. The molecular formula is C21H21N3O2S. The van der Waals surface area contributed by atoms with E-state index in [9.17, 15) is 0 Å². The highest BCUT2D eigenvalue weighted by Crippen LogP contribution is 2.39. The first-order valence-electron chi connectivity index (χ1n) is 8.76. The molecule has 0 radical (unpaired) electrons. The molecule has 0 amide bonds. The third-order valence-electron chi connectivity index (χ3n) is 4.61. The van der Waals surface area contributed by atoms with Gasteiger partial charge in [0.15, 0.2) is 11.5 Å². The molecule has 27 heavy (non-hydrogen) atoms. The molecule has 0 N–H and O–H groups in total. The summed E-state index contributed by atoms with van der Waals surface area (Å²) in [5.41, 5.74) is 4.28. The molecule has 0 bridgehead atoms. The van der Waals surface area contributed by atoms with Crippen LogP contribution in [0.15, 0.2) is 59.0 Å². The van der Waals surface area contributed by atoms with Crippen molar-refractivity contribution in [2.45, 2.75) is 19.4 Å². The van der Waals surface area contributed by atoms with Gasteiger partial charge in [0.2, 0.25) is 5.13 Å². The lowest BCUT2D eigenvalue weighted by molar-refractivity contribution is 0.355. The minimum absolute atomic E-state index is 0.125. The van der Waals surface area contributed by atoms with Gasteiger partial charge >= 0.3 is 0 Å². The Labute approximate surface area is 162 Å². The number of hydrazone groups is 1. The average Bonchev–Trinajstić information content (AvgIpc) is 3.34. The maximum absolute atomic E-state index is 5.46. The predicted molar refractivity (Wildman–Crippen MR) is 109 cm³/mol. The molecule has 4 rings (SSSR count). The Morgan fingerprint density at radius 1 is 1.04 bits per heavy atom. The molecule has 0 unspecified atom stereocenters. The summed E-state index contributed by atoms with van der Waals surface area (Å²) in [7, 11) is 3.29. The van der Waals surface area contributed by atoms with Crippen LogP contribution < -0.4 is 14.5 Å². The van der Waals surface area contributed by atoms with Gasteiger partial charge in [-0.2, -0.15) is 5.10 Å². The van der Waals surface area contributed by atoms with E-state index in [0.717, 1.165) is 28.5 Å². The van der Waals surface area contributed by atoms with Crippen LogP contribution in [-0.4, -0.2) is 24.9 Å². The summed E-state index contributed by atoms with van der Waals surface area (Å²) in [6.45, 7) is 2.01. The Balaban J connectivity index is 1.74. The van der Waals surface area contributed by atoms with Crippen LogP contribution in [0.1, 0.15) is 29.3 Å². The summed E-state index contributed by atoms with van der Waals surface area (Å²) < 4.78 is 10.8. The minimum atomic E-state index is 0.125. The number of hydrogen-bond acceptors (Lipinski definition) is 6. The van der Waals surface area contributed by atoms with Gasteiger partial charge in [-0.1, -0.05) is 30.3 Å². The molecule has 0 saturated heterocycles. The summed E-state index contributed by atoms with van der Waals surface area (Å²) in [5.74, 6) is 1.42. The fraction of sp³-hybridized carbons (Fsp3) is 0.238. The SMILES string of the molecule is COc1ccc(C2=NN(c3nc(C)cs3)[C@@H](c3ccccc3)C2)cc1OC. The Bertz CT molecular complexity index is 969. The van der Waals surface area contributed by atoms with Crippen LogP contribution in [0.3, 0.4) is 0 Å². The van der Waals surface area contributed by atoms with Crippen molar-refractivity contribution < 1.29 is 9.47 Å². The molecule has 138 valence electrons. The summed E-state index contributed by atoms with van der Waals surface area (Å²) in [6, 6.07) is 16.5. The van der Waals surface area contributed by atoms with Crippen molar-refractivity contribution in [2.75, 3.05) is 19.2 Å². The van der Waals surface area contributed by atoms with E-state index < -0.39 is 0 Å². The lowest BCUT2D eigenvalue weighted by Gasteiger charge is -2.21. The van der Waals surface area contributed by atoms with Crippen molar-refractivity contribution in [3.63, 3.8) is 0 Å². The van der Waals surface area contributed by atoms with Crippen LogP contribution in [0.5, 0.6) is 11.5 Å². The summed E-state index contributed by atoms with van der Waals surface area (Å²) >= 11 is 1.62. The first kappa shape index (κ1) is 17.5. The lowest BCUT2D eigenvalue weighted by Crippen LogP contribution is -2.18. The average molecular weight is 379 g/mol. The van der Waals surface area contributed by atoms with Gasteiger partial charge in [-0.3, -0.25) is 0 Å². The molecule has 1 aliphatic rings. The quantitative estimate of drug-likeness (QED) is 0.637. The van der Waals surface area contributed by atoms with Crippen LogP contribution in [0, 0.1) is 6.92 Å². The van der Waals surface area contributed by atoms with Gasteiger partial charge in [-0.25, -0.2) is 9.99 Å². The number of thiazole rings is 1. The van der Waals surface area contributed by atoms with Crippen molar-refractivity contribution >= 4 is 22.2 Å². The molecule has 6 heteroatoms. The summed E-state index contributed by atoms with van der Waals surface area (Å²) in [6.07, 6.45) is 0.804. The maximum atomic E-state index is 5.46. The molecular weight excluding hydrogens is 358 g/mol. The van der Waals surface area contributed by atoms with E-state index in [1.54, 1.807) is 25.6 Å². The first-order chi connectivity index (χ1) is 13.2. The zero-order chi connectivity index (χ0) is 18.8. The topological polar surface area (TPSA) is 47.0 Å². The molecule has 1 atom stereocenters. The Kier molecular flexibility index (Phi) is 4.81. The van der Waals surface area contributed by atoms with Crippen molar-refractivity contribution in [1.29, 1.82) is 0 Å². The van der Waals surface area contributed by atoms with Crippen LogP contribution >= 0.6 is 11.3 Å². The highest BCUT2D eigenvalue weighted by molar-refractivity contribution is 7.13. The maximum Gasteiger partial charge on any atom is 0.206 e. The van der Waals surface area contributed by atoms with Gasteiger partial charge in [-0.05, 0) is 30.7 Å². The zero-order valence-electron chi connectivity index (χ0n) is 15.5.